The summed E-state index contributed by atoms with van der Waals surface area (Å²) in [5, 5.41) is 15.7. The van der Waals surface area contributed by atoms with Crippen LogP contribution in [-0.4, -0.2) is 29.7 Å². The van der Waals surface area contributed by atoms with Crippen molar-refractivity contribution in [2.75, 3.05) is 6.54 Å². The predicted octanol–water partition coefficient (Wildman–Crippen LogP) is 2.02. The summed E-state index contributed by atoms with van der Waals surface area (Å²) in [5.74, 6) is -1.62. The van der Waals surface area contributed by atoms with Gasteiger partial charge < -0.3 is 10.4 Å². The maximum absolute atomic E-state index is 13.0. The molecule has 0 radical (unpaired) electrons. The highest BCUT2D eigenvalue weighted by Crippen LogP contribution is 2.17. The van der Waals surface area contributed by atoms with Gasteiger partial charge in [0.2, 0.25) is 0 Å². The SMILES string of the molecule is O=C(CNC(=O)c1cccc(F)c1)NN=Cc1cc(I)ccc1O. The molecular weight excluding hydrogens is 428 g/mol. The number of aromatic hydroxyl groups is 1. The number of halogens is 2. The summed E-state index contributed by atoms with van der Waals surface area (Å²) in [5.41, 5.74) is 2.79. The minimum absolute atomic E-state index is 0.0350. The number of carbonyl (C=O) groups is 2. The van der Waals surface area contributed by atoms with Crippen molar-refractivity contribution in [3.05, 3.63) is 63.0 Å². The fourth-order valence-corrected chi connectivity index (χ4v) is 2.25. The van der Waals surface area contributed by atoms with Gasteiger partial charge in [-0.2, -0.15) is 5.10 Å². The summed E-state index contributed by atoms with van der Waals surface area (Å²) in [6.07, 6.45) is 1.30. The topological polar surface area (TPSA) is 90.8 Å². The zero-order valence-corrected chi connectivity index (χ0v) is 14.5. The van der Waals surface area contributed by atoms with E-state index in [4.69, 9.17) is 0 Å². The number of phenolic OH excluding ortho intramolecular Hbond substituents is 1. The molecule has 0 aliphatic rings. The van der Waals surface area contributed by atoms with E-state index in [1.807, 2.05) is 0 Å². The lowest BCUT2D eigenvalue weighted by Gasteiger charge is -2.04. The van der Waals surface area contributed by atoms with Crippen molar-refractivity contribution >= 4 is 40.6 Å². The molecule has 8 heteroatoms. The molecule has 124 valence electrons. The minimum Gasteiger partial charge on any atom is -0.507 e. The van der Waals surface area contributed by atoms with Crippen molar-refractivity contribution in [1.29, 1.82) is 0 Å². The van der Waals surface area contributed by atoms with Crippen molar-refractivity contribution < 1.29 is 19.1 Å². The van der Waals surface area contributed by atoms with E-state index in [9.17, 15) is 19.1 Å². The van der Waals surface area contributed by atoms with Gasteiger partial charge in [0, 0.05) is 14.7 Å². The number of amides is 2. The Hall–Kier alpha value is -2.49. The van der Waals surface area contributed by atoms with Crippen LogP contribution in [0.4, 0.5) is 4.39 Å². The fourth-order valence-electron chi connectivity index (χ4n) is 1.73. The Kier molecular flexibility index (Phi) is 6.24. The number of hydrogen-bond acceptors (Lipinski definition) is 4. The van der Waals surface area contributed by atoms with Crippen LogP contribution >= 0.6 is 22.6 Å². The molecule has 2 aromatic rings. The first-order chi connectivity index (χ1) is 11.5. The van der Waals surface area contributed by atoms with Gasteiger partial charge in [-0.25, -0.2) is 9.82 Å². The standard InChI is InChI=1S/C16H13FIN3O3/c17-12-3-1-2-10(6-12)16(24)19-9-15(23)21-20-8-11-7-13(18)4-5-14(11)22/h1-8,22H,9H2,(H,19,24)(H,21,23). The van der Waals surface area contributed by atoms with Crippen LogP contribution in [0, 0.1) is 9.39 Å². The largest absolute Gasteiger partial charge is 0.507 e. The van der Waals surface area contributed by atoms with E-state index in [0.29, 0.717) is 5.56 Å². The Morgan fingerprint density at radius 2 is 2.04 bits per heavy atom. The third kappa shape index (κ3) is 5.30. The third-order valence-corrected chi connectivity index (χ3v) is 3.55. The molecule has 2 rings (SSSR count). The fraction of sp³-hybridized carbons (Fsp3) is 0.0625. The molecule has 0 aromatic heterocycles. The van der Waals surface area contributed by atoms with Gasteiger partial charge in [0.15, 0.2) is 0 Å². The molecule has 0 saturated carbocycles. The molecule has 0 aliphatic heterocycles. The summed E-state index contributed by atoms with van der Waals surface area (Å²) in [7, 11) is 0. The minimum atomic E-state index is -0.566. The molecule has 0 atom stereocenters. The van der Waals surface area contributed by atoms with Crippen LogP contribution in [-0.2, 0) is 4.79 Å². The van der Waals surface area contributed by atoms with Crippen LogP contribution in [0.15, 0.2) is 47.6 Å². The molecule has 0 aliphatic carbocycles. The number of hydrazone groups is 1. The normalized spacial score (nSPS) is 10.6. The highest BCUT2D eigenvalue weighted by molar-refractivity contribution is 14.1. The summed E-state index contributed by atoms with van der Waals surface area (Å²) >= 11 is 2.08. The zero-order valence-electron chi connectivity index (χ0n) is 12.3. The number of benzene rings is 2. The van der Waals surface area contributed by atoms with Crippen LogP contribution in [0.3, 0.4) is 0 Å². The number of nitrogens with zero attached hydrogens (tertiary/aromatic N) is 1. The van der Waals surface area contributed by atoms with Gasteiger partial charge in [0.25, 0.3) is 11.8 Å². The first-order valence-corrected chi connectivity index (χ1v) is 7.88. The maximum Gasteiger partial charge on any atom is 0.259 e. The summed E-state index contributed by atoms with van der Waals surface area (Å²) in [4.78, 5) is 23.4. The smallest absolute Gasteiger partial charge is 0.259 e. The Morgan fingerprint density at radius 1 is 1.25 bits per heavy atom. The van der Waals surface area contributed by atoms with Crippen LogP contribution in [0.5, 0.6) is 5.75 Å². The molecule has 0 saturated heterocycles. The molecule has 0 spiro atoms. The van der Waals surface area contributed by atoms with E-state index in [2.05, 4.69) is 38.4 Å². The second-order valence-corrected chi connectivity index (χ2v) is 5.93. The quantitative estimate of drug-likeness (QED) is 0.377. The zero-order chi connectivity index (χ0) is 17.5. The van der Waals surface area contributed by atoms with E-state index in [-0.39, 0.29) is 17.9 Å². The molecular formula is C16H13FIN3O3. The highest BCUT2D eigenvalue weighted by Gasteiger charge is 2.08. The van der Waals surface area contributed by atoms with Gasteiger partial charge >= 0.3 is 0 Å². The van der Waals surface area contributed by atoms with Crippen LogP contribution < -0.4 is 10.7 Å². The van der Waals surface area contributed by atoms with Crippen molar-refractivity contribution in [3.63, 3.8) is 0 Å². The van der Waals surface area contributed by atoms with Gasteiger partial charge in [-0.05, 0) is 59.0 Å². The van der Waals surface area contributed by atoms with Gasteiger partial charge in [0.05, 0.1) is 12.8 Å². The van der Waals surface area contributed by atoms with Gasteiger partial charge in [-0.15, -0.1) is 0 Å². The van der Waals surface area contributed by atoms with E-state index in [0.717, 1.165) is 9.64 Å². The highest BCUT2D eigenvalue weighted by atomic mass is 127. The number of phenols is 1. The third-order valence-electron chi connectivity index (χ3n) is 2.88. The van der Waals surface area contributed by atoms with Crippen molar-refractivity contribution in [1.82, 2.24) is 10.7 Å². The van der Waals surface area contributed by atoms with E-state index in [1.54, 1.807) is 12.1 Å². The molecule has 2 amide bonds. The molecule has 2 aromatic carbocycles. The molecule has 0 fully saturated rings. The lowest BCUT2D eigenvalue weighted by Crippen LogP contribution is -2.34. The van der Waals surface area contributed by atoms with Gasteiger partial charge in [0.1, 0.15) is 11.6 Å². The van der Waals surface area contributed by atoms with E-state index in [1.165, 1.54) is 30.5 Å². The Balaban J connectivity index is 1.84. The monoisotopic (exact) mass is 441 g/mol. The second kappa shape index (κ2) is 8.39. The number of nitrogens with one attached hydrogen (secondary N) is 2. The number of carbonyl (C=O) groups excluding carboxylic acids is 2. The number of rotatable bonds is 5. The molecule has 6 nitrogen and oxygen atoms in total. The van der Waals surface area contributed by atoms with E-state index >= 15 is 0 Å². The average Bonchev–Trinajstić information content (AvgIpc) is 2.56. The summed E-state index contributed by atoms with van der Waals surface area (Å²) < 4.78 is 13.9. The summed E-state index contributed by atoms with van der Waals surface area (Å²) in [6, 6.07) is 10.1. The van der Waals surface area contributed by atoms with Crippen molar-refractivity contribution in [2.24, 2.45) is 5.10 Å². The first-order valence-electron chi connectivity index (χ1n) is 6.80. The first kappa shape index (κ1) is 17.9. The van der Waals surface area contributed by atoms with Crippen LogP contribution in [0.2, 0.25) is 0 Å². The molecule has 3 N–H and O–H groups in total. The number of hydrogen-bond donors (Lipinski definition) is 3. The Labute approximate surface area is 150 Å². The van der Waals surface area contributed by atoms with Crippen LogP contribution in [0.25, 0.3) is 0 Å². The van der Waals surface area contributed by atoms with Crippen LogP contribution in [0.1, 0.15) is 15.9 Å². The lowest BCUT2D eigenvalue weighted by molar-refractivity contribution is -0.120. The molecule has 0 unspecified atom stereocenters. The summed E-state index contributed by atoms with van der Waals surface area (Å²) in [6.45, 7) is -0.314. The lowest BCUT2D eigenvalue weighted by atomic mass is 10.2. The van der Waals surface area contributed by atoms with Crippen molar-refractivity contribution in [3.8, 4) is 5.75 Å². The molecule has 0 heterocycles. The average molecular weight is 441 g/mol. The second-order valence-electron chi connectivity index (χ2n) is 4.69. The van der Waals surface area contributed by atoms with Gasteiger partial charge in [-0.3, -0.25) is 9.59 Å². The van der Waals surface area contributed by atoms with E-state index < -0.39 is 17.6 Å². The maximum atomic E-state index is 13.0. The Morgan fingerprint density at radius 3 is 2.79 bits per heavy atom. The van der Waals surface area contributed by atoms with Crippen molar-refractivity contribution in [2.45, 2.75) is 0 Å². The Bertz CT molecular complexity index is 796. The van der Waals surface area contributed by atoms with Gasteiger partial charge in [-0.1, -0.05) is 6.07 Å². The predicted molar refractivity (Wildman–Crippen MR) is 95.3 cm³/mol. The molecule has 24 heavy (non-hydrogen) atoms. The molecule has 0 bridgehead atoms.